The Hall–Kier alpha value is -2.30. The zero-order valence-corrected chi connectivity index (χ0v) is 10.3. The van der Waals surface area contributed by atoms with E-state index >= 15 is 0 Å². The van der Waals surface area contributed by atoms with Gasteiger partial charge in [0.2, 0.25) is 5.95 Å². The standard InChI is InChI=1S/C13H16N4O/c1-10-9-16-13(14)17-12(10)15-7-8-18-11-5-3-2-4-6-11/h2-6,9H,7-8H2,1H3,(H3,14,15,16,17). The van der Waals surface area contributed by atoms with Gasteiger partial charge in [-0.2, -0.15) is 4.98 Å². The van der Waals surface area contributed by atoms with E-state index in [2.05, 4.69) is 15.3 Å². The topological polar surface area (TPSA) is 73.1 Å². The Labute approximate surface area is 106 Å². The molecule has 1 heterocycles. The Morgan fingerprint density at radius 2 is 2.06 bits per heavy atom. The van der Waals surface area contributed by atoms with Crippen molar-refractivity contribution in [2.24, 2.45) is 0 Å². The maximum atomic E-state index is 5.56. The number of nitrogens with zero attached hydrogens (tertiary/aromatic N) is 2. The van der Waals surface area contributed by atoms with Crippen molar-refractivity contribution >= 4 is 11.8 Å². The first-order valence-electron chi connectivity index (χ1n) is 5.76. The number of nitrogen functional groups attached to an aromatic ring is 1. The fraction of sp³-hybridized carbons (Fsp3) is 0.231. The van der Waals surface area contributed by atoms with E-state index in [1.54, 1.807) is 6.20 Å². The molecule has 94 valence electrons. The summed E-state index contributed by atoms with van der Waals surface area (Å²) in [6.07, 6.45) is 1.70. The van der Waals surface area contributed by atoms with Crippen LogP contribution in [0.25, 0.3) is 0 Å². The minimum atomic E-state index is 0.270. The number of anilines is 2. The van der Waals surface area contributed by atoms with Gasteiger partial charge in [0.25, 0.3) is 0 Å². The Bertz CT molecular complexity index is 502. The molecule has 1 aromatic carbocycles. The smallest absolute Gasteiger partial charge is 0.221 e. The lowest BCUT2D eigenvalue weighted by Crippen LogP contribution is -2.14. The Morgan fingerprint density at radius 1 is 1.28 bits per heavy atom. The molecule has 0 atom stereocenters. The van der Waals surface area contributed by atoms with Crippen LogP contribution in [-0.4, -0.2) is 23.1 Å². The molecule has 0 radical (unpaired) electrons. The molecule has 0 fully saturated rings. The first kappa shape index (κ1) is 12.2. The van der Waals surface area contributed by atoms with Gasteiger partial charge >= 0.3 is 0 Å². The summed E-state index contributed by atoms with van der Waals surface area (Å²) >= 11 is 0. The number of ether oxygens (including phenoxy) is 1. The van der Waals surface area contributed by atoms with Crippen molar-refractivity contribution in [3.63, 3.8) is 0 Å². The third kappa shape index (κ3) is 3.35. The zero-order chi connectivity index (χ0) is 12.8. The molecule has 5 heteroatoms. The number of benzene rings is 1. The van der Waals surface area contributed by atoms with Crippen molar-refractivity contribution in [1.29, 1.82) is 0 Å². The number of nitrogens with two attached hydrogens (primary N) is 1. The second-order valence-electron chi connectivity index (χ2n) is 3.85. The zero-order valence-electron chi connectivity index (χ0n) is 10.3. The van der Waals surface area contributed by atoms with E-state index in [0.29, 0.717) is 13.2 Å². The Kier molecular flexibility index (Phi) is 3.96. The van der Waals surface area contributed by atoms with Crippen molar-refractivity contribution in [3.05, 3.63) is 42.1 Å². The molecule has 1 aromatic heterocycles. The molecule has 5 nitrogen and oxygen atoms in total. The molecule has 0 aliphatic rings. The van der Waals surface area contributed by atoms with Gasteiger partial charge in [0.1, 0.15) is 18.2 Å². The molecule has 0 unspecified atom stereocenters. The lowest BCUT2D eigenvalue weighted by molar-refractivity contribution is 0.332. The maximum Gasteiger partial charge on any atom is 0.221 e. The first-order chi connectivity index (χ1) is 8.75. The summed E-state index contributed by atoms with van der Waals surface area (Å²) in [6, 6.07) is 9.69. The normalized spacial score (nSPS) is 10.1. The van der Waals surface area contributed by atoms with Crippen molar-refractivity contribution in [3.8, 4) is 5.75 Å². The van der Waals surface area contributed by atoms with Gasteiger partial charge in [-0.15, -0.1) is 0 Å². The summed E-state index contributed by atoms with van der Waals surface area (Å²) < 4.78 is 5.56. The van der Waals surface area contributed by atoms with E-state index in [1.165, 1.54) is 0 Å². The van der Waals surface area contributed by atoms with E-state index < -0.39 is 0 Å². The van der Waals surface area contributed by atoms with Gasteiger partial charge < -0.3 is 15.8 Å². The number of nitrogens with one attached hydrogen (secondary N) is 1. The fourth-order valence-corrected chi connectivity index (χ4v) is 1.49. The molecule has 0 spiro atoms. The average molecular weight is 244 g/mol. The van der Waals surface area contributed by atoms with E-state index in [0.717, 1.165) is 17.1 Å². The largest absolute Gasteiger partial charge is 0.492 e. The summed E-state index contributed by atoms with van der Waals surface area (Å²) in [6.45, 7) is 3.15. The Balaban J connectivity index is 1.80. The summed E-state index contributed by atoms with van der Waals surface area (Å²) in [7, 11) is 0. The Morgan fingerprint density at radius 3 is 2.83 bits per heavy atom. The second-order valence-corrected chi connectivity index (χ2v) is 3.85. The number of hydrogen-bond donors (Lipinski definition) is 2. The minimum Gasteiger partial charge on any atom is -0.492 e. The monoisotopic (exact) mass is 244 g/mol. The molecule has 0 amide bonds. The van der Waals surface area contributed by atoms with Crippen LogP contribution < -0.4 is 15.8 Å². The molecule has 18 heavy (non-hydrogen) atoms. The van der Waals surface area contributed by atoms with Gasteiger partial charge in [-0.25, -0.2) is 4.98 Å². The maximum absolute atomic E-state index is 5.56. The number of para-hydroxylation sites is 1. The molecule has 0 bridgehead atoms. The minimum absolute atomic E-state index is 0.270. The van der Waals surface area contributed by atoms with Gasteiger partial charge in [0.05, 0.1) is 6.54 Å². The van der Waals surface area contributed by atoms with Crippen LogP contribution in [0.4, 0.5) is 11.8 Å². The quantitative estimate of drug-likeness (QED) is 0.785. The summed E-state index contributed by atoms with van der Waals surface area (Å²) in [5.74, 6) is 1.88. The molecule has 3 N–H and O–H groups in total. The van der Waals surface area contributed by atoms with E-state index in [1.807, 2.05) is 37.3 Å². The van der Waals surface area contributed by atoms with Gasteiger partial charge in [-0.05, 0) is 19.1 Å². The van der Waals surface area contributed by atoms with Crippen LogP contribution in [0.15, 0.2) is 36.5 Å². The highest BCUT2D eigenvalue weighted by Gasteiger charge is 2.00. The van der Waals surface area contributed by atoms with Crippen molar-refractivity contribution < 1.29 is 4.74 Å². The highest BCUT2D eigenvalue weighted by atomic mass is 16.5. The molecule has 0 saturated carbocycles. The molecular formula is C13H16N4O. The predicted octanol–water partition coefficient (Wildman–Crippen LogP) is 1.86. The highest BCUT2D eigenvalue weighted by Crippen LogP contribution is 2.11. The molecule has 0 aliphatic heterocycles. The van der Waals surface area contributed by atoms with Crippen LogP contribution in [0.1, 0.15) is 5.56 Å². The molecule has 2 rings (SSSR count). The predicted molar refractivity (Wildman–Crippen MR) is 71.6 cm³/mol. The van der Waals surface area contributed by atoms with Crippen LogP contribution in [0.3, 0.4) is 0 Å². The number of aryl methyl sites for hydroxylation is 1. The molecule has 0 saturated heterocycles. The summed E-state index contributed by atoms with van der Waals surface area (Å²) in [4.78, 5) is 8.03. The van der Waals surface area contributed by atoms with E-state index in [9.17, 15) is 0 Å². The van der Waals surface area contributed by atoms with Gasteiger partial charge in [0.15, 0.2) is 0 Å². The highest BCUT2D eigenvalue weighted by molar-refractivity contribution is 5.44. The SMILES string of the molecule is Cc1cnc(N)nc1NCCOc1ccccc1. The van der Waals surface area contributed by atoms with Crippen LogP contribution >= 0.6 is 0 Å². The van der Waals surface area contributed by atoms with Crippen LogP contribution in [0, 0.1) is 6.92 Å². The number of hydrogen-bond acceptors (Lipinski definition) is 5. The van der Waals surface area contributed by atoms with E-state index in [-0.39, 0.29) is 5.95 Å². The first-order valence-corrected chi connectivity index (χ1v) is 5.76. The molecule has 2 aromatic rings. The van der Waals surface area contributed by atoms with E-state index in [4.69, 9.17) is 10.5 Å². The van der Waals surface area contributed by atoms with Gasteiger partial charge in [-0.3, -0.25) is 0 Å². The van der Waals surface area contributed by atoms with Gasteiger partial charge in [0, 0.05) is 11.8 Å². The number of rotatable bonds is 5. The van der Waals surface area contributed by atoms with Crippen LogP contribution in [0.5, 0.6) is 5.75 Å². The second kappa shape index (κ2) is 5.86. The van der Waals surface area contributed by atoms with Crippen molar-refractivity contribution in [2.75, 3.05) is 24.2 Å². The number of aromatic nitrogens is 2. The lowest BCUT2D eigenvalue weighted by Gasteiger charge is -2.09. The lowest BCUT2D eigenvalue weighted by atomic mass is 10.3. The van der Waals surface area contributed by atoms with Crippen LogP contribution in [0.2, 0.25) is 0 Å². The third-order valence-corrected chi connectivity index (χ3v) is 2.40. The van der Waals surface area contributed by atoms with Crippen molar-refractivity contribution in [2.45, 2.75) is 6.92 Å². The average Bonchev–Trinajstić information content (AvgIpc) is 2.40. The third-order valence-electron chi connectivity index (χ3n) is 2.40. The van der Waals surface area contributed by atoms with Gasteiger partial charge in [-0.1, -0.05) is 18.2 Å². The fourth-order valence-electron chi connectivity index (χ4n) is 1.49. The summed E-state index contributed by atoms with van der Waals surface area (Å²) in [5, 5.41) is 3.17. The summed E-state index contributed by atoms with van der Waals surface area (Å²) in [5.41, 5.74) is 6.49. The van der Waals surface area contributed by atoms with Crippen LogP contribution in [-0.2, 0) is 0 Å². The van der Waals surface area contributed by atoms with Crippen molar-refractivity contribution in [1.82, 2.24) is 9.97 Å². The molecular weight excluding hydrogens is 228 g/mol. The molecule has 0 aliphatic carbocycles.